The summed E-state index contributed by atoms with van der Waals surface area (Å²) in [7, 11) is 0. The Hall–Kier alpha value is -0.0800. The van der Waals surface area contributed by atoms with E-state index in [4.69, 9.17) is 5.11 Å². The lowest BCUT2D eigenvalue weighted by Gasteiger charge is -2.22. The van der Waals surface area contributed by atoms with Crippen molar-refractivity contribution in [3.63, 3.8) is 0 Å². The van der Waals surface area contributed by atoms with E-state index < -0.39 is 0 Å². The summed E-state index contributed by atoms with van der Waals surface area (Å²) in [6.45, 7) is 8.38. The Morgan fingerprint density at radius 3 is 2.75 bits per heavy atom. The summed E-state index contributed by atoms with van der Waals surface area (Å²) >= 11 is 0. The molecule has 1 aliphatic rings. The maximum Gasteiger partial charge on any atom is 0.0434 e. The lowest BCUT2D eigenvalue weighted by molar-refractivity contribution is 0.255. The molecule has 0 bridgehead atoms. The quantitative estimate of drug-likeness (QED) is 0.708. The van der Waals surface area contributed by atoms with Gasteiger partial charge in [0, 0.05) is 12.6 Å². The summed E-state index contributed by atoms with van der Waals surface area (Å²) in [6.07, 6.45) is 7.65. The molecule has 0 spiro atoms. The molecular weight excluding hydrogens is 198 g/mol. The van der Waals surface area contributed by atoms with Gasteiger partial charge in [-0.25, -0.2) is 0 Å². The molecule has 0 radical (unpaired) electrons. The number of aliphatic hydroxyl groups is 1. The molecule has 16 heavy (non-hydrogen) atoms. The molecule has 0 amide bonds. The largest absolute Gasteiger partial charge is 0.396 e. The second-order valence-corrected chi connectivity index (χ2v) is 6.32. The van der Waals surface area contributed by atoms with Crippen LogP contribution in [0.2, 0.25) is 0 Å². The first kappa shape index (κ1) is 14.0. The molecule has 0 aromatic rings. The van der Waals surface area contributed by atoms with E-state index in [1.807, 2.05) is 0 Å². The second kappa shape index (κ2) is 6.61. The van der Waals surface area contributed by atoms with Gasteiger partial charge in [0.25, 0.3) is 0 Å². The van der Waals surface area contributed by atoms with E-state index in [9.17, 15) is 0 Å². The Labute approximate surface area is 101 Å². The minimum Gasteiger partial charge on any atom is -0.396 e. The van der Waals surface area contributed by atoms with Crippen LogP contribution < -0.4 is 5.32 Å². The van der Waals surface area contributed by atoms with Crippen molar-refractivity contribution in [1.82, 2.24) is 5.32 Å². The van der Waals surface area contributed by atoms with Gasteiger partial charge in [-0.2, -0.15) is 0 Å². The van der Waals surface area contributed by atoms with Crippen LogP contribution in [0.4, 0.5) is 0 Å². The normalized spacial score (nSPS) is 27.4. The number of rotatable bonds is 5. The number of nitrogens with one attached hydrogen (secondary N) is 1. The first-order valence-electron chi connectivity index (χ1n) is 6.88. The monoisotopic (exact) mass is 227 g/mol. The van der Waals surface area contributed by atoms with Gasteiger partial charge in [-0.05, 0) is 50.0 Å². The fourth-order valence-electron chi connectivity index (χ4n) is 2.56. The van der Waals surface area contributed by atoms with Crippen molar-refractivity contribution in [1.29, 1.82) is 0 Å². The van der Waals surface area contributed by atoms with Crippen molar-refractivity contribution in [3.05, 3.63) is 0 Å². The lowest BCUT2D eigenvalue weighted by Crippen LogP contribution is -2.32. The van der Waals surface area contributed by atoms with Crippen LogP contribution in [0.3, 0.4) is 0 Å². The van der Waals surface area contributed by atoms with Gasteiger partial charge in [0.1, 0.15) is 0 Å². The van der Waals surface area contributed by atoms with E-state index in [0.717, 1.165) is 13.0 Å². The fraction of sp³-hybridized carbons (Fsp3) is 1.00. The van der Waals surface area contributed by atoms with Crippen molar-refractivity contribution in [2.75, 3.05) is 13.2 Å². The zero-order valence-corrected chi connectivity index (χ0v) is 11.3. The average molecular weight is 227 g/mol. The Balaban J connectivity index is 2.22. The molecule has 2 nitrogen and oxygen atoms in total. The summed E-state index contributed by atoms with van der Waals surface area (Å²) in [6, 6.07) is 0.711. The number of hydrogen-bond acceptors (Lipinski definition) is 2. The molecular formula is C14H29NO. The third-order valence-electron chi connectivity index (χ3n) is 3.95. The van der Waals surface area contributed by atoms with Crippen LogP contribution in [0.15, 0.2) is 0 Å². The minimum atomic E-state index is 0.320. The van der Waals surface area contributed by atoms with Gasteiger partial charge in [-0.3, -0.25) is 0 Å². The van der Waals surface area contributed by atoms with Crippen LogP contribution in [0.1, 0.15) is 59.3 Å². The topological polar surface area (TPSA) is 32.3 Å². The van der Waals surface area contributed by atoms with Crippen LogP contribution in [0, 0.1) is 11.3 Å². The Morgan fingerprint density at radius 1 is 1.31 bits per heavy atom. The molecule has 0 heterocycles. The Kier molecular flexibility index (Phi) is 5.77. The van der Waals surface area contributed by atoms with Gasteiger partial charge in [0.15, 0.2) is 0 Å². The van der Waals surface area contributed by atoms with E-state index in [2.05, 4.69) is 26.1 Å². The molecule has 0 aliphatic heterocycles. The maximum absolute atomic E-state index is 8.86. The van der Waals surface area contributed by atoms with Gasteiger partial charge < -0.3 is 10.4 Å². The molecule has 1 rings (SSSR count). The summed E-state index contributed by atoms with van der Waals surface area (Å²) < 4.78 is 0. The summed E-state index contributed by atoms with van der Waals surface area (Å²) in [4.78, 5) is 0. The van der Waals surface area contributed by atoms with Gasteiger partial charge in [-0.1, -0.05) is 27.2 Å². The van der Waals surface area contributed by atoms with E-state index >= 15 is 0 Å². The molecule has 2 unspecified atom stereocenters. The molecule has 1 aliphatic carbocycles. The van der Waals surface area contributed by atoms with Crippen LogP contribution in [-0.4, -0.2) is 24.3 Å². The molecule has 1 fully saturated rings. The highest BCUT2D eigenvalue weighted by Gasteiger charge is 2.24. The van der Waals surface area contributed by atoms with E-state index in [0.29, 0.717) is 24.0 Å². The smallest absolute Gasteiger partial charge is 0.0434 e. The highest BCUT2D eigenvalue weighted by molar-refractivity contribution is 4.79. The summed E-state index contributed by atoms with van der Waals surface area (Å²) in [5, 5.41) is 12.5. The third kappa shape index (κ3) is 5.31. The van der Waals surface area contributed by atoms with Crippen molar-refractivity contribution < 1.29 is 5.11 Å². The van der Waals surface area contributed by atoms with Crippen molar-refractivity contribution in [2.45, 2.75) is 65.3 Å². The van der Waals surface area contributed by atoms with Gasteiger partial charge in [-0.15, -0.1) is 0 Å². The van der Waals surface area contributed by atoms with Gasteiger partial charge in [0.2, 0.25) is 0 Å². The summed E-state index contributed by atoms with van der Waals surface area (Å²) in [5.74, 6) is 0.598. The predicted molar refractivity (Wildman–Crippen MR) is 69.5 cm³/mol. The molecule has 2 atom stereocenters. The minimum absolute atomic E-state index is 0.320. The van der Waals surface area contributed by atoms with Crippen molar-refractivity contribution >= 4 is 0 Å². The Bertz CT molecular complexity index is 191. The molecule has 0 saturated heterocycles. The van der Waals surface area contributed by atoms with Crippen LogP contribution in [0.5, 0.6) is 0 Å². The third-order valence-corrected chi connectivity index (χ3v) is 3.95. The first-order valence-corrected chi connectivity index (χ1v) is 6.88. The van der Waals surface area contributed by atoms with Gasteiger partial charge >= 0.3 is 0 Å². The average Bonchev–Trinajstić information content (AvgIpc) is 2.37. The number of hydrogen-bond donors (Lipinski definition) is 2. The predicted octanol–water partition coefficient (Wildman–Crippen LogP) is 2.95. The number of aliphatic hydroxyl groups excluding tert-OH is 1. The van der Waals surface area contributed by atoms with Crippen LogP contribution in [0.25, 0.3) is 0 Å². The molecule has 0 aromatic heterocycles. The highest BCUT2D eigenvalue weighted by atomic mass is 16.3. The zero-order valence-electron chi connectivity index (χ0n) is 11.3. The zero-order chi connectivity index (χ0) is 12.0. The van der Waals surface area contributed by atoms with Crippen molar-refractivity contribution in [2.24, 2.45) is 11.3 Å². The van der Waals surface area contributed by atoms with Crippen LogP contribution in [-0.2, 0) is 0 Å². The van der Waals surface area contributed by atoms with Gasteiger partial charge in [0.05, 0.1) is 0 Å². The van der Waals surface area contributed by atoms with E-state index in [1.54, 1.807) is 0 Å². The molecule has 96 valence electrons. The lowest BCUT2D eigenvalue weighted by atomic mass is 9.85. The molecule has 2 N–H and O–H groups in total. The van der Waals surface area contributed by atoms with Crippen LogP contribution >= 0.6 is 0 Å². The molecule has 0 aromatic carbocycles. The van der Waals surface area contributed by atoms with E-state index in [-0.39, 0.29) is 0 Å². The molecule has 1 saturated carbocycles. The summed E-state index contributed by atoms with van der Waals surface area (Å²) in [5.41, 5.74) is 0.549. The van der Waals surface area contributed by atoms with E-state index in [1.165, 1.54) is 32.1 Å². The standard InChI is InChI=1S/C14H29NO/c1-12(7-10-16)11-15-13-5-4-8-14(2,3)9-6-13/h12-13,15-16H,4-11H2,1-3H3. The maximum atomic E-state index is 8.86. The SMILES string of the molecule is CC(CCO)CNC1CCCC(C)(C)CC1. The highest BCUT2D eigenvalue weighted by Crippen LogP contribution is 2.33. The second-order valence-electron chi connectivity index (χ2n) is 6.32. The van der Waals surface area contributed by atoms with Crippen molar-refractivity contribution in [3.8, 4) is 0 Å². The first-order chi connectivity index (χ1) is 7.53. The Morgan fingerprint density at radius 2 is 2.06 bits per heavy atom. The fourth-order valence-corrected chi connectivity index (χ4v) is 2.56. The molecule has 2 heteroatoms.